The molecule has 0 bridgehead atoms. The summed E-state index contributed by atoms with van der Waals surface area (Å²) in [6.45, 7) is 2.09. The van der Waals surface area contributed by atoms with Crippen molar-refractivity contribution >= 4 is 39.1 Å². The molecule has 0 radical (unpaired) electrons. The van der Waals surface area contributed by atoms with Crippen LogP contribution in [0.1, 0.15) is 40.7 Å². The molecule has 1 aliphatic carbocycles. The minimum atomic E-state index is -5.10. The van der Waals surface area contributed by atoms with Crippen molar-refractivity contribution in [2.24, 2.45) is 0 Å². The van der Waals surface area contributed by atoms with Gasteiger partial charge in [-0.05, 0) is 67.1 Å². The SMILES string of the molecule is O=C(Nc1ccc2c(c1)CCN(C1CCC1)CC2)c1ccc2nc(OC(=O)C(F)(F)F)sc2c1. The van der Waals surface area contributed by atoms with Gasteiger partial charge in [0.15, 0.2) is 0 Å². The molecule has 3 aromatic rings. The van der Waals surface area contributed by atoms with Crippen LogP contribution >= 0.6 is 11.3 Å². The Labute approximate surface area is 197 Å². The number of rotatable bonds is 4. The van der Waals surface area contributed by atoms with Crippen LogP contribution < -0.4 is 10.1 Å². The lowest BCUT2D eigenvalue weighted by molar-refractivity contribution is -0.189. The number of hydrogen-bond donors (Lipinski definition) is 1. The average molecular weight is 490 g/mol. The van der Waals surface area contributed by atoms with Crippen LogP contribution in [0.15, 0.2) is 36.4 Å². The number of fused-ring (bicyclic) bond motifs is 2. The van der Waals surface area contributed by atoms with Crippen molar-refractivity contribution in [1.82, 2.24) is 9.88 Å². The van der Waals surface area contributed by atoms with Gasteiger partial charge in [-0.25, -0.2) is 9.78 Å². The highest BCUT2D eigenvalue weighted by Gasteiger charge is 2.42. The van der Waals surface area contributed by atoms with Crippen LogP contribution in [0.2, 0.25) is 0 Å². The van der Waals surface area contributed by atoms with Crippen LogP contribution in [-0.4, -0.2) is 47.1 Å². The third kappa shape index (κ3) is 4.78. The van der Waals surface area contributed by atoms with E-state index in [1.165, 1.54) is 48.6 Å². The molecule has 1 saturated carbocycles. The first-order chi connectivity index (χ1) is 16.3. The quantitative estimate of drug-likeness (QED) is 0.524. The molecule has 2 aliphatic rings. The smallest absolute Gasteiger partial charge is 0.391 e. The monoisotopic (exact) mass is 489 g/mol. The Bertz CT molecular complexity index is 1250. The second kappa shape index (κ2) is 8.99. The van der Waals surface area contributed by atoms with Crippen LogP contribution in [0.5, 0.6) is 5.19 Å². The zero-order chi connectivity index (χ0) is 23.9. The predicted molar refractivity (Wildman–Crippen MR) is 122 cm³/mol. The first kappa shape index (κ1) is 22.8. The topological polar surface area (TPSA) is 71.5 Å². The number of alkyl halides is 3. The summed E-state index contributed by atoms with van der Waals surface area (Å²) in [5.41, 5.74) is 3.93. The molecule has 178 valence electrons. The lowest BCUT2D eigenvalue weighted by Gasteiger charge is -2.36. The third-order valence-electron chi connectivity index (χ3n) is 6.43. The number of carbonyl (C=O) groups is 2. The Morgan fingerprint density at radius 2 is 1.82 bits per heavy atom. The van der Waals surface area contributed by atoms with Gasteiger partial charge in [0.25, 0.3) is 11.1 Å². The van der Waals surface area contributed by atoms with Gasteiger partial charge in [0.1, 0.15) is 0 Å². The summed E-state index contributed by atoms with van der Waals surface area (Å²) in [6.07, 6.45) is 0.733. The highest BCUT2D eigenvalue weighted by atomic mass is 32.1. The molecule has 1 aliphatic heterocycles. The van der Waals surface area contributed by atoms with Crippen LogP contribution in [0, 0.1) is 0 Å². The van der Waals surface area contributed by atoms with Crippen LogP contribution in [-0.2, 0) is 17.6 Å². The first-order valence-electron chi connectivity index (χ1n) is 11.1. The van der Waals surface area contributed by atoms with Gasteiger partial charge in [-0.2, -0.15) is 13.2 Å². The molecule has 6 nitrogen and oxygen atoms in total. The predicted octanol–water partition coefficient (Wildman–Crippen LogP) is 4.97. The normalized spacial score (nSPS) is 17.0. The van der Waals surface area contributed by atoms with Crippen molar-refractivity contribution < 1.29 is 27.5 Å². The van der Waals surface area contributed by atoms with Crippen molar-refractivity contribution in [2.75, 3.05) is 18.4 Å². The number of benzene rings is 2. The number of carbonyl (C=O) groups excluding carboxylic acids is 2. The lowest BCUT2D eigenvalue weighted by Crippen LogP contribution is -2.41. The van der Waals surface area contributed by atoms with Gasteiger partial charge in [0, 0.05) is 30.4 Å². The second-order valence-electron chi connectivity index (χ2n) is 8.61. The largest absolute Gasteiger partial charge is 0.491 e. The van der Waals surface area contributed by atoms with E-state index >= 15 is 0 Å². The summed E-state index contributed by atoms with van der Waals surface area (Å²) in [5, 5.41) is 2.49. The van der Waals surface area contributed by atoms with Gasteiger partial charge in [-0.15, -0.1) is 0 Å². The number of nitrogens with one attached hydrogen (secondary N) is 1. The zero-order valence-corrected chi connectivity index (χ0v) is 19.0. The zero-order valence-electron chi connectivity index (χ0n) is 18.2. The highest BCUT2D eigenvalue weighted by Crippen LogP contribution is 2.31. The molecule has 10 heteroatoms. The lowest BCUT2D eigenvalue weighted by atomic mass is 9.91. The highest BCUT2D eigenvalue weighted by molar-refractivity contribution is 7.20. The molecule has 0 unspecified atom stereocenters. The summed E-state index contributed by atoms with van der Waals surface area (Å²) >= 11 is 0.771. The number of nitrogens with zero attached hydrogens (tertiary/aromatic N) is 2. The second-order valence-corrected chi connectivity index (χ2v) is 9.60. The van der Waals surface area contributed by atoms with E-state index < -0.39 is 17.3 Å². The van der Waals surface area contributed by atoms with E-state index in [2.05, 4.69) is 26.0 Å². The summed E-state index contributed by atoms with van der Waals surface area (Å²) in [5.74, 6) is -2.67. The van der Waals surface area contributed by atoms with E-state index in [0.29, 0.717) is 27.5 Å². The molecule has 1 aromatic heterocycles. The minimum Gasteiger partial charge on any atom is -0.391 e. The first-order valence-corrected chi connectivity index (χ1v) is 11.9. The standard InChI is InChI=1S/C24H22F3N3O3S/c25-24(26,27)22(32)33-23-29-19-7-5-16(13-20(19)34-23)21(31)28-17-6-4-14-8-10-30(18-2-1-3-18)11-9-15(14)12-17/h4-7,12-13,18H,1-3,8-11H2,(H,28,31). The number of ether oxygens (including phenoxy) is 1. The molecular formula is C24H22F3N3O3S. The Hall–Kier alpha value is -2.98. The molecule has 1 N–H and O–H groups in total. The van der Waals surface area contributed by atoms with E-state index in [9.17, 15) is 22.8 Å². The van der Waals surface area contributed by atoms with Gasteiger partial charge >= 0.3 is 12.1 Å². The molecule has 34 heavy (non-hydrogen) atoms. The number of aromatic nitrogens is 1. The van der Waals surface area contributed by atoms with Crippen LogP contribution in [0.25, 0.3) is 10.2 Å². The van der Waals surface area contributed by atoms with Gasteiger partial charge in [0.2, 0.25) is 0 Å². The van der Waals surface area contributed by atoms with E-state index in [1.54, 1.807) is 0 Å². The molecular weight excluding hydrogens is 467 g/mol. The Balaban J connectivity index is 1.27. The van der Waals surface area contributed by atoms with Crippen LogP contribution in [0.4, 0.5) is 18.9 Å². The minimum absolute atomic E-state index is 0.330. The van der Waals surface area contributed by atoms with Gasteiger partial charge in [0.05, 0.1) is 10.2 Å². The molecule has 0 spiro atoms. The molecule has 0 saturated heterocycles. The third-order valence-corrected chi connectivity index (χ3v) is 7.33. The summed E-state index contributed by atoms with van der Waals surface area (Å²) in [7, 11) is 0. The fraction of sp³-hybridized carbons (Fsp3) is 0.375. The maximum Gasteiger partial charge on any atom is 0.491 e. The molecule has 2 aromatic carbocycles. The Kier molecular flexibility index (Phi) is 6.03. The number of thiazole rings is 1. The maximum absolute atomic E-state index is 12.8. The number of esters is 1. The fourth-order valence-corrected chi connectivity index (χ4v) is 5.22. The Morgan fingerprint density at radius 1 is 1.06 bits per heavy atom. The van der Waals surface area contributed by atoms with E-state index in [-0.39, 0.29) is 5.91 Å². The van der Waals surface area contributed by atoms with Crippen LogP contribution in [0.3, 0.4) is 0 Å². The molecule has 1 fully saturated rings. The van der Waals surface area contributed by atoms with Crippen molar-refractivity contribution in [3.63, 3.8) is 0 Å². The van der Waals surface area contributed by atoms with Crippen molar-refractivity contribution in [3.8, 4) is 5.19 Å². The summed E-state index contributed by atoms with van der Waals surface area (Å²) in [4.78, 5) is 30.3. The molecule has 5 rings (SSSR count). The summed E-state index contributed by atoms with van der Waals surface area (Å²) in [6, 6.07) is 11.3. The van der Waals surface area contributed by atoms with Crippen molar-refractivity contribution in [3.05, 3.63) is 53.1 Å². The molecule has 0 atom stereocenters. The molecule has 1 amide bonds. The van der Waals surface area contributed by atoms with Gasteiger partial charge in [-0.1, -0.05) is 23.8 Å². The summed E-state index contributed by atoms with van der Waals surface area (Å²) < 4.78 is 42.0. The molecule has 2 heterocycles. The van der Waals surface area contributed by atoms with Crippen molar-refractivity contribution in [1.29, 1.82) is 0 Å². The number of amides is 1. The van der Waals surface area contributed by atoms with E-state index in [4.69, 9.17) is 0 Å². The van der Waals surface area contributed by atoms with E-state index in [0.717, 1.165) is 37.3 Å². The van der Waals surface area contributed by atoms with Gasteiger partial charge < -0.3 is 10.1 Å². The number of anilines is 1. The maximum atomic E-state index is 12.8. The van der Waals surface area contributed by atoms with E-state index in [1.807, 2.05) is 12.1 Å². The fourth-order valence-electron chi connectivity index (χ4n) is 4.37. The number of hydrogen-bond acceptors (Lipinski definition) is 6. The van der Waals surface area contributed by atoms with Crippen molar-refractivity contribution in [2.45, 2.75) is 44.3 Å². The Morgan fingerprint density at radius 3 is 2.53 bits per heavy atom. The van der Waals surface area contributed by atoms with Gasteiger partial charge in [-0.3, -0.25) is 9.69 Å². The number of halogens is 3. The average Bonchev–Trinajstić information content (AvgIpc) is 3.04.